The molecule has 0 aliphatic heterocycles. The molecule has 5 rings (SSSR count). The van der Waals surface area contributed by atoms with Crippen molar-refractivity contribution in [3.8, 4) is 0 Å². The fourth-order valence-electron chi connectivity index (χ4n) is 3.68. The number of carbonyl (C=O) groups is 1. The van der Waals surface area contributed by atoms with Gasteiger partial charge in [-0.15, -0.1) is 11.3 Å². The van der Waals surface area contributed by atoms with Crippen LogP contribution in [0.1, 0.15) is 10.4 Å². The first-order chi connectivity index (χ1) is 14.4. The van der Waals surface area contributed by atoms with Gasteiger partial charge in [-0.1, -0.05) is 36.4 Å². The number of thiophene rings is 1. The third kappa shape index (κ3) is 3.08. The van der Waals surface area contributed by atoms with E-state index in [0.717, 1.165) is 38.3 Å². The van der Waals surface area contributed by atoms with Crippen molar-refractivity contribution in [1.82, 2.24) is 0 Å². The molecule has 5 aromatic rings. The molecule has 5 nitrogen and oxygen atoms in total. The Morgan fingerprint density at radius 2 is 1.47 bits per heavy atom. The molecule has 3 N–H and O–H groups in total. The SMILES string of the molecule is NC(=O)c1ccc2cc3cc4ccccc4cc3cc2c1NS(=O)(=O)c1cccs1. The largest absolute Gasteiger partial charge is 0.366 e. The van der Waals surface area contributed by atoms with E-state index in [-0.39, 0.29) is 15.5 Å². The number of carbonyl (C=O) groups excluding carboxylic acids is 1. The lowest BCUT2D eigenvalue weighted by atomic mass is 9.97. The van der Waals surface area contributed by atoms with Crippen LogP contribution in [0.5, 0.6) is 0 Å². The topological polar surface area (TPSA) is 89.3 Å². The monoisotopic (exact) mass is 432 g/mol. The van der Waals surface area contributed by atoms with Crippen LogP contribution in [0.25, 0.3) is 32.3 Å². The quantitative estimate of drug-likeness (QED) is 0.387. The van der Waals surface area contributed by atoms with Gasteiger partial charge in [-0.05, 0) is 68.7 Å². The van der Waals surface area contributed by atoms with Crippen molar-refractivity contribution in [1.29, 1.82) is 0 Å². The molecule has 0 aliphatic carbocycles. The van der Waals surface area contributed by atoms with Crippen LogP contribution >= 0.6 is 11.3 Å². The van der Waals surface area contributed by atoms with Crippen LogP contribution in [0.15, 0.2) is 82.4 Å². The van der Waals surface area contributed by atoms with E-state index in [1.807, 2.05) is 30.3 Å². The van der Waals surface area contributed by atoms with Crippen LogP contribution in [0.4, 0.5) is 5.69 Å². The molecule has 0 saturated heterocycles. The maximum absolute atomic E-state index is 12.9. The number of amides is 1. The number of rotatable bonds is 4. The Morgan fingerprint density at radius 1 is 0.800 bits per heavy atom. The van der Waals surface area contributed by atoms with Gasteiger partial charge < -0.3 is 5.73 Å². The third-order valence-corrected chi connectivity index (χ3v) is 7.85. The minimum Gasteiger partial charge on any atom is -0.366 e. The minimum atomic E-state index is -3.84. The Hall–Kier alpha value is -3.42. The maximum Gasteiger partial charge on any atom is 0.271 e. The minimum absolute atomic E-state index is 0.128. The first kappa shape index (κ1) is 18.6. The summed E-state index contributed by atoms with van der Waals surface area (Å²) in [6.45, 7) is 0. The molecule has 0 bridgehead atoms. The Labute approximate surface area is 176 Å². The second kappa shape index (κ2) is 6.83. The first-order valence-electron chi connectivity index (χ1n) is 9.18. The van der Waals surface area contributed by atoms with Crippen molar-refractivity contribution < 1.29 is 13.2 Å². The van der Waals surface area contributed by atoms with Gasteiger partial charge in [-0.2, -0.15) is 0 Å². The van der Waals surface area contributed by atoms with E-state index >= 15 is 0 Å². The van der Waals surface area contributed by atoms with E-state index in [9.17, 15) is 13.2 Å². The number of sulfonamides is 1. The summed E-state index contributed by atoms with van der Waals surface area (Å²) in [6.07, 6.45) is 0. The average molecular weight is 433 g/mol. The molecule has 0 radical (unpaired) electrons. The standard InChI is InChI=1S/C23H16N2O3S2/c24-23(26)19-8-7-16-12-17-10-14-4-1-2-5-15(14)11-18(17)13-20(16)22(19)25-30(27,28)21-6-3-9-29-21/h1-13,25H,(H2,24,26). The van der Waals surface area contributed by atoms with Crippen LogP contribution in [0.3, 0.4) is 0 Å². The van der Waals surface area contributed by atoms with E-state index < -0.39 is 15.9 Å². The number of nitrogens with one attached hydrogen (secondary N) is 1. The van der Waals surface area contributed by atoms with Crippen LogP contribution in [0, 0.1) is 0 Å². The molecule has 0 aliphatic rings. The van der Waals surface area contributed by atoms with Crippen molar-refractivity contribution in [2.24, 2.45) is 5.73 Å². The zero-order valence-electron chi connectivity index (χ0n) is 15.6. The van der Waals surface area contributed by atoms with Crippen LogP contribution in [0.2, 0.25) is 0 Å². The summed E-state index contributed by atoms with van der Waals surface area (Å²) in [5, 5.41) is 7.29. The van der Waals surface area contributed by atoms with Crippen molar-refractivity contribution >= 4 is 65.3 Å². The second-order valence-electron chi connectivity index (χ2n) is 7.01. The highest BCUT2D eigenvalue weighted by Gasteiger charge is 2.21. The number of primary amides is 1. The molecule has 30 heavy (non-hydrogen) atoms. The number of hydrogen-bond donors (Lipinski definition) is 2. The van der Waals surface area contributed by atoms with E-state index in [4.69, 9.17) is 5.73 Å². The summed E-state index contributed by atoms with van der Waals surface area (Å²) >= 11 is 1.11. The summed E-state index contributed by atoms with van der Waals surface area (Å²) in [7, 11) is -3.84. The number of benzene rings is 4. The van der Waals surface area contributed by atoms with Crippen molar-refractivity contribution in [3.05, 3.63) is 83.7 Å². The molecule has 4 aromatic carbocycles. The Bertz CT molecular complexity index is 1560. The number of fused-ring (bicyclic) bond motifs is 3. The van der Waals surface area contributed by atoms with Crippen LogP contribution in [-0.2, 0) is 10.0 Å². The molecule has 0 spiro atoms. The van der Waals surface area contributed by atoms with E-state index in [2.05, 4.69) is 22.9 Å². The summed E-state index contributed by atoms with van der Waals surface area (Å²) < 4.78 is 28.5. The van der Waals surface area contributed by atoms with E-state index in [0.29, 0.717) is 5.39 Å². The molecule has 0 unspecified atom stereocenters. The number of nitrogens with two attached hydrogens (primary N) is 1. The molecule has 7 heteroatoms. The van der Waals surface area contributed by atoms with E-state index in [1.54, 1.807) is 23.6 Å². The molecular weight excluding hydrogens is 416 g/mol. The highest BCUT2D eigenvalue weighted by atomic mass is 32.2. The molecule has 148 valence electrons. The lowest BCUT2D eigenvalue weighted by molar-refractivity contribution is 0.100. The van der Waals surface area contributed by atoms with Gasteiger partial charge in [0.2, 0.25) is 0 Å². The predicted molar refractivity (Wildman–Crippen MR) is 123 cm³/mol. The summed E-state index contributed by atoms with van der Waals surface area (Å²) in [4.78, 5) is 12.1. The molecular formula is C23H16N2O3S2. The summed E-state index contributed by atoms with van der Waals surface area (Å²) in [5.74, 6) is -0.695. The van der Waals surface area contributed by atoms with Crippen LogP contribution < -0.4 is 10.5 Å². The lowest BCUT2D eigenvalue weighted by Crippen LogP contribution is -2.18. The summed E-state index contributed by atoms with van der Waals surface area (Å²) in [5.41, 5.74) is 5.88. The first-order valence-corrected chi connectivity index (χ1v) is 11.5. The molecule has 1 heterocycles. The molecule has 1 amide bonds. The lowest BCUT2D eigenvalue weighted by Gasteiger charge is -2.14. The average Bonchev–Trinajstić information content (AvgIpc) is 3.27. The molecule has 0 saturated carbocycles. The Morgan fingerprint density at radius 3 is 2.10 bits per heavy atom. The fraction of sp³-hybridized carbons (Fsp3) is 0. The van der Waals surface area contributed by atoms with E-state index in [1.165, 1.54) is 6.07 Å². The molecule has 0 atom stereocenters. The highest BCUT2D eigenvalue weighted by molar-refractivity contribution is 7.94. The Balaban J connectivity index is 1.79. The Kier molecular flexibility index (Phi) is 4.23. The maximum atomic E-state index is 12.9. The second-order valence-corrected chi connectivity index (χ2v) is 9.87. The normalized spacial score (nSPS) is 11.9. The zero-order valence-corrected chi connectivity index (χ0v) is 17.3. The molecule has 1 aromatic heterocycles. The van der Waals surface area contributed by atoms with Crippen molar-refractivity contribution in [2.75, 3.05) is 4.72 Å². The van der Waals surface area contributed by atoms with Gasteiger partial charge in [-0.25, -0.2) is 8.42 Å². The number of hydrogen-bond acceptors (Lipinski definition) is 4. The highest BCUT2D eigenvalue weighted by Crippen LogP contribution is 2.34. The van der Waals surface area contributed by atoms with Gasteiger partial charge in [0.1, 0.15) is 4.21 Å². The molecule has 0 fully saturated rings. The van der Waals surface area contributed by atoms with Gasteiger partial charge in [0.15, 0.2) is 0 Å². The van der Waals surface area contributed by atoms with Crippen LogP contribution in [-0.4, -0.2) is 14.3 Å². The fourth-order valence-corrected chi connectivity index (χ4v) is 5.78. The zero-order chi connectivity index (χ0) is 20.9. The van der Waals surface area contributed by atoms with Gasteiger partial charge in [-0.3, -0.25) is 9.52 Å². The van der Waals surface area contributed by atoms with Gasteiger partial charge in [0.05, 0.1) is 11.3 Å². The third-order valence-electron chi connectivity index (χ3n) is 5.10. The van der Waals surface area contributed by atoms with Gasteiger partial charge in [0.25, 0.3) is 15.9 Å². The predicted octanol–water partition coefficient (Wildman–Crippen LogP) is 5.11. The number of anilines is 1. The summed E-state index contributed by atoms with van der Waals surface area (Å²) in [6, 6.07) is 22.6. The van der Waals surface area contributed by atoms with Crippen molar-refractivity contribution in [3.63, 3.8) is 0 Å². The smallest absolute Gasteiger partial charge is 0.271 e. The van der Waals surface area contributed by atoms with Gasteiger partial charge in [0, 0.05) is 5.39 Å². The van der Waals surface area contributed by atoms with Crippen molar-refractivity contribution in [2.45, 2.75) is 4.21 Å². The van der Waals surface area contributed by atoms with Gasteiger partial charge >= 0.3 is 0 Å².